The lowest BCUT2D eigenvalue weighted by Crippen LogP contribution is -2.32. The minimum absolute atomic E-state index is 0.0810. The first-order chi connectivity index (χ1) is 7.27. The van der Waals surface area contributed by atoms with E-state index in [1.807, 2.05) is 18.1 Å². The molecular formula is C11H17N3O. The summed E-state index contributed by atoms with van der Waals surface area (Å²) in [7, 11) is 1.83. The summed E-state index contributed by atoms with van der Waals surface area (Å²) >= 11 is 0. The van der Waals surface area contributed by atoms with E-state index in [0.29, 0.717) is 5.69 Å². The van der Waals surface area contributed by atoms with Crippen molar-refractivity contribution < 1.29 is 4.79 Å². The third kappa shape index (κ3) is 2.37. The highest BCUT2D eigenvalue weighted by atomic mass is 16.2. The number of carbonyl (C=O) groups is 1. The molecule has 0 radical (unpaired) electrons. The first-order valence-electron chi connectivity index (χ1n) is 5.56. The lowest BCUT2D eigenvalue weighted by molar-refractivity contribution is 0.0755. The maximum atomic E-state index is 12.0. The number of likely N-dealkylation sites (tertiary alicyclic amines) is 1. The highest BCUT2D eigenvalue weighted by Gasteiger charge is 2.18. The summed E-state index contributed by atoms with van der Waals surface area (Å²) in [5.41, 5.74) is 0.569. The highest BCUT2D eigenvalue weighted by Crippen LogP contribution is 2.12. The molecule has 0 N–H and O–H groups in total. The van der Waals surface area contributed by atoms with E-state index >= 15 is 0 Å². The molecule has 0 aliphatic carbocycles. The predicted molar refractivity (Wildman–Crippen MR) is 57.6 cm³/mol. The first-order valence-corrected chi connectivity index (χ1v) is 5.56. The minimum Gasteiger partial charge on any atom is -0.337 e. The minimum atomic E-state index is 0.0810. The normalized spacial score (nSPS) is 17.5. The maximum Gasteiger partial charge on any atom is 0.274 e. The molecule has 1 aliphatic heterocycles. The number of hydrogen-bond acceptors (Lipinski definition) is 2. The van der Waals surface area contributed by atoms with Crippen molar-refractivity contribution in [2.45, 2.75) is 25.7 Å². The summed E-state index contributed by atoms with van der Waals surface area (Å²) in [6, 6.07) is 1.78. The summed E-state index contributed by atoms with van der Waals surface area (Å²) in [6.07, 6.45) is 6.54. The van der Waals surface area contributed by atoms with Gasteiger partial charge in [-0.25, -0.2) is 0 Å². The lowest BCUT2D eigenvalue weighted by Gasteiger charge is -2.18. The van der Waals surface area contributed by atoms with Gasteiger partial charge in [0.2, 0.25) is 0 Å². The second-order valence-corrected chi connectivity index (χ2v) is 4.08. The zero-order valence-electron chi connectivity index (χ0n) is 9.15. The molecule has 82 valence electrons. The van der Waals surface area contributed by atoms with E-state index < -0.39 is 0 Å². The van der Waals surface area contributed by atoms with Gasteiger partial charge >= 0.3 is 0 Å². The highest BCUT2D eigenvalue weighted by molar-refractivity contribution is 5.92. The van der Waals surface area contributed by atoms with Crippen LogP contribution in [-0.4, -0.2) is 33.7 Å². The van der Waals surface area contributed by atoms with Crippen molar-refractivity contribution in [1.82, 2.24) is 14.7 Å². The maximum absolute atomic E-state index is 12.0. The molecule has 0 spiro atoms. The van der Waals surface area contributed by atoms with Gasteiger partial charge in [0.25, 0.3) is 5.91 Å². The van der Waals surface area contributed by atoms with E-state index in [0.717, 1.165) is 25.9 Å². The quantitative estimate of drug-likeness (QED) is 0.698. The van der Waals surface area contributed by atoms with Gasteiger partial charge in [-0.15, -0.1) is 0 Å². The smallest absolute Gasteiger partial charge is 0.274 e. The molecule has 15 heavy (non-hydrogen) atoms. The molecule has 0 saturated carbocycles. The lowest BCUT2D eigenvalue weighted by atomic mass is 10.2. The number of amides is 1. The SMILES string of the molecule is Cn1ccc(C(=O)N2CCCCCC2)n1. The molecule has 2 heterocycles. The van der Waals surface area contributed by atoms with Crippen molar-refractivity contribution >= 4 is 5.91 Å². The Morgan fingerprint density at radius 1 is 1.27 bits per heavy atom. The van der Waals surface area contributed by atoms with Gasteiger partial charge in [-0.1, -0.05) is 12.8 Å². The summed E-state index contributed by atoms with van der Waals surface area (Å²) in [6.45, 7) is 1.77. The van der Waals surface area contributed by atoms with Crippen LogP contribution in [0, 0.1) is 0 Å². The van der Waals surface area contributed by atoms with Crippen molar-refractivity contribution in [2.75, 3.05) is 13.1 Å². The van der Waals surface area contributed by atoms with Crippen LogP contribution in [0.1, 0.15) is 36.2 Å². The Hall–Kier alpha value is -1.32. The molecule has 1 fully saturated rings. The van der Waals surface area contributed by atoms with Crippen LogP contribution in [0.2, 0.25) is 0 Å². The zero-order chi connectivity index (χ0) is 10.7. The average Bonchev–Trinajstić information content (AvgIpc) is 2.53. The van der Waals surface area contributed by atoms with E-state index in [1.165, 1.54) is 12.8 Å². The van der Waals surface area contributed by atoms with Crippen molar-refractivity contribution in [2.24, 2.45) is 7.05 Å². The fraction of sp³-hybridized carbons (Fsp3) is 0.636. The fourth-order valence-electron chi connectivity index (χ4n) is 1.96. The van der Waals surface area contributed by atoms with Crippen molar-refractivity contribution in [1.29, 1.82) is 0 Å². The van der Waals surface area contributed by atoms with E-state index in [-0.39, 0.29) is 5.91 Å². The van der Waals surface area contributed by atoms with Crippen LogP contribution < -0.4 is 0 Å². The van der Waals surface area contributed by atoms with E-state index in [9.17, 15) is 4.79 Å². The largest absolute Gasteiger partial charge is 0.337 e. The van der Waals surface area contributed by atoms with Gasteiger partial charge in [-0.3, -0.25) is 9.48 Å². The van der Waals surface area contributed by atoms with Crippen LogP contribution in [0.5, 0.6) is 0 Å². The molecule has 0 unspecified atom stereocenters. The van der Waals surface area contributed by atoms with Gasteiger partial charge < -0.3 is 4.90 Å². The molecule has 1 aromatic heterocycles. The van der Waals surface area contributed by atoms with Crippen LogP contribution in [0.4, 0.5) is 0 Å². The van der Waals surface area contributed by atoms with E-state index in [4.69, 9.17) is 0 Å². The Kier molecular flexibility index (Phi) is 3.04. The van der Waals surface area contributed by atoms with Crippen LogP contribution >= 0.6 is 0 Å². The number of hydrogen-bond donors (Lipinski definition) is 0. The van der Waals surface area contributed by atoms with Gasteiger partial charge in [0.1, 0.15) is 5.69 Å². The van der Waals surface area contributed by atoms with Crippen LogP contribution in [0.3, 0.4) is 0 Å². The molecule has 1 aliphatic rings. The molecule has 0 bridgehead atoms. The van der Waals surface area contributed by atoms with E-state index in [2.05, 4.69) is 5.10 Å². The Morgan fingerprint density at radius 2 is 1.93 bits per heavy atom. The molecule has 1 aromatic rings. The monoisotopic (exact) mass is 207 g/mol. The van der Waals surface area contributed by atoms with E-state index in [1.54, 1.807) is 10.7 Å². The predicted octanol–water partition coefficient (Wildman–Crippen LogP) is 1.44. The van der Waals surface area contributed by atoms with Gasteiger partial charge in [0.15, 0.2) is 0 Å². The number of nitrogens with zero attached hydrogens (tertiary/aromatic N) is 3. The summed E-state index contributed by atoms with van der Waals surface area (Å²) < 4.78 is 1.67. The third-order valence-electron chi connectivity index (χ3n) is 2.83. The topological polar surface area (TPSA) is 38.1 Å². The second-order valence-electron chi connectivity index (χ2n) is 4.08. The Balaban J connectivity index is 2.06. The fourth-order valence-corrected chi connectivity index (χ4v) is 1.96. The Morgan fingerprint density at radius 3 is 2.47 bits per heavy atom. The summed E-state index contributed by atoms with van der Waals surface area (Å²) in [4.78, 5) is 13.9. The summed E-state index contributed by atoms with van der Waals surface area (Å²) in [5.74, 6) is 0.0810. The molecule has 1 amide bonds. The van der Waals surface area contributed by atoms with Gasteiger partial charge in [0.05, 0.1) is 0 Å². The second kappa shape index (κ2) is 4.47. The molecule has 4 heteroatoms. The molecule has 1 saturated heterocycles. The van der Waals surface area contributed by atoms with Crippen molar-refractivity contribution in [3.8, 4) is 0 Å². The van der Waals surface area contributed by atoms with Gasteiger partial charge in [-0.2, -0.15) is 5.10 Å². The van der Waals surface area contributed by atoms with Crippen LogP contribution in [0.25, 0.3) is 0 Å². The van der Waals surface area contributed by atoms with Gasteiger partial charge in [0, 0.05) is 26.3 Å². The number of aromatic nitrogens is 2. The van der Waals surface area contributed by atoms with Crippen LogP contribution in [-0.2, 0) is 7.05 Å². The third-order valence-corrected chi connectivity index (χ3v) is 2.83. The Bertz CT molecular complexity index is 337. The first kappa shape index (κ1) is 10.2. The van der Waals surface area contributed by atoms with Crippen molar-refractivity contribution in [3.05, 3.63) is 18.0 Å². The van der Waals surface area contributed by atoms with Crippen molar-refractivity contribution in [3.63, 3.8) is 0 Å². The molecule has 2 rings (SSSR count). The number of carbonyl (C=O) groups excluding carboxylic acids is 1. The van der Waals surface area contributed by atoms with Gasteiger partial charge in [-0.05, 0) is 18.9 Å². The molecule has 0 aromatic carbocycles. The number of aryl methyl sites for hydroxylation is 1. The average molecular weight is 207 g/mol. The van der Waals surface area contributed by atoms with Crippen LogP contribution in [0.15, 0.2) is 12.3 Å². The zero-order valence-corrected chi connectivity index (χ0v) is 9.15. The standard InChI is InChI=1S/C11H17N3O/c1-13-9-6-10(12-13)11(15)14-7-4-2-3-5-8-14/h6,9H,2-5,7-8H2,1H3. The molecular weight excluding hydrogens is 190 g/mol. The number of rotatable bonds is 1. The Labute approximate surface area is 89.9 Å². The molecule has 0 atom stereocenters. The molecule has 4 nitrogen and oxygen atoms in total. The summed E-state index contributed by atoms with van der Waals surface area (Å²) in [5, 5.41) is 4.14.